The van der Waals surface area contributed by atoms with Gasteiger partial charge in [0.1, 0.15) is 6.04 Å². The Morgan fingerprint density at radius 2 is 2.38 bits per heavy atom. The number of carboxylic acids is 1. The van der Waals surface area contributed by atoms with Crippen LogP contribution in [-0.2, 0) is 11.2 Å². The number of carbonyl (C=O) groups is 1. The molecule has 0 aliphatic heterocycles. The number of nitrogens with one attached hydrogen (secondary N) is 1. The normalized spacial score (nSPS) is 12.4. The summed E-state index contributed by atoms with van der Waals surface area (Å²) in [5.41, 5.74) is 5.66. The standard InChI is InChI=1S/C8H10N2O3/c9-6(8(12)13)3-5-1-2-10-7(11)4-5/h1-2,4,6H,3,9H2,(H,10,11)(H,12,13). The van der Waals surface area contributed by atoms with Crippen LogP contribution in [0.5, 0.6) is 0 Å². The predicted octanol–water partition coefficient (Wildman–Crippen LogP) is -0.671. The van der Waals surface area contributed by atoms with Gasteiger partial charge in [0, 0.05) is 12.3 Å². The molecule has 1 rings (SSSR count). The molecule has 0 aromatic carbocycles. The fourth-order valence-electron chi connectivity index (χ4n) is 0.957. The number of aromatic amines is 1. The number of carboxylic acid groups (broad SMARTS) is 1. The van der Waals surface area contributed by atoms with Crippen LogP contribution in [0.25, 0.3) is 0 Å². The molecule has 4 N–H and O–H groups in total. The van der Waals surface area contributed by atoms with Crippen molar-refractivity contribution in [3.8, 4) is 0 Å². The summed E-state index contributed by atoms with van der Waals surface area (Å²) in [5.74, 6) is -1.07. The summed E-state index contributed by atoms with van der Waals surface area (Å²) in [6.45, 7) is 0. The monoisotopic (exact) mass is 182 g/mol. The van der Waals surface area contributed by atoms with E-state index in [1.165, 1.54) is 12.3 Å². The van der Waals surface area contributed by atoms with Gasteiger partial charge in [-0.05, 0) is 18.1 Å². The van der Waals surface area contributed by atoms with Crippen LogP contribution >= 0.6 is 0 Å². The van der Waals surface area contributed by atoms with Crippen LogP contribution in [0.4, 0.5) is 0 Å². The van der Waals surface area contributed by atoms with E-state index < -0.39 is 12.0 Å². The van der Waals surface area contributed by atoms with Crippen molar-refractivity contribution in [3.05, 3.63) is 34.2 Å². The molecule has 5 heteroatoms. The molecule has 0 bridgehead atoms. The quantitative estimate of drug-likeness (QED) is 0.577. The van der Waals surface area contributed by atoms with Gasteiger partial charge in [-0.1, -0.05) is 0 Å². The van der Waals surface area contributed by atoms with Crippen LogP contribution in [0.1, 0.15) is 5.56 Å². The summed E-state index contributed by atoms with van der Waals surface area (Å²) in [4.78, 5) is 23.6. The maximum absolute atomic E-state index is 10.8. The molecule has 5 nitrogen and oxygen atoms in total. The molecule has 0 saturated carbocycles. The van der Waals surface area contributed by atoms with E-state index in [0.717, 1.165) is 0 Å². The van der Waals surface area contributed by atoms with Crippen molar-refractivity contribution in [3.63, 3.8) is 0 Å². The van der Waals surface area contributed by atoms with Gasteiger partial charge in [-0.3, -0.25) is 9.59 Å². The Kier molecular flexibility index (Phi) is 2.81. The first-order chi connectivity index (χ1) is 6.09. The number of aliphatic carboxylic acids is 1. The van der Waals surface area contributed by atoms with Gasteiger partial charge in [0.25, 0.3) is 0 Å². The summed E-state index contributed by atoms with van der Waals surface area (Å²) < 4.78 is 0. The van der Waals surface area contributed by atoms with Gasteiger partial charge in [0.05, 0.1) is 0 Å². The van der Waals surface area contributed by atoms with Crippen molar-refractivity contribution >= 4 is 5.97 Å². The fraction of sp³-hybridized carbons (Fsp3) is 0.250. The number of hydrogen-bond donors (Lipinski definition) is 3. The first-order valence-electron chi connectivity index (χ1n) is 3.75. The van der Waals surface area contributed by atoms with Crippen molar-refractivity contribution in [2.45, 2.75) is 12.5 Å². The van der Waals surface area contributed by atoms with Crippen LogP contribution < -0.4 is 11.3 Å². The fourth-order valence-corrected chi connectivity index (χ4v) is 0.957. The van der Waals surface area contributed by atoms with E-state index in [2.05, 4.69) is 4.98 Å². The average molecular weight is 182 g/mol. The first-order valence-corrected chi connectivity index (χ1v) is 3.75. The van der Waals surface area contributed by atoms with Crippen LogP contribution in [0.15, 0.2) is 23.1 Å². The SMILES string of the molecule is NC(Cc1cc[nH]c(=O)c1)C(=O)O. The third kappa shape index (κ3) is 2.72. The Morgan fingerprint density at radius 1 is 1.69 bits per heavy atom. The topological polar surface area (TPSA) is 96.2 Å². The summed E-state index contributed by atoms with van der Waals surface area (Å²) in [6, 6.07) is 2.01. The van der Waals surface area contributed by atoms with Crippen LogP contribution in [-0.4, -0.2) is 22.1 Å². The van der Waals surface area contributed by atoms with Crippen LogP contribution in [0, 0.1) is 0 Å². The van der Waals surface area contributed by atoms with E-state index in [4.69, 9.17) is 10.8 Å². The minimum Gasteiger partial charge on any atom is -0.480 e. The Morgan fingerprint density at radius 3 is 2.92 bits per heavy atom. The molecule has 1 heterocycles. The van der Waals surface area contributed by atoms with Crippen LogP contribution in [0.3, 0.4) is 0 Å². The number of nitrogens with two attached hydrogens (primary N) is 1. The van der Waals surface area contributed by atoms with Gasteiger partial charge in [-0.2, -0.15) is 0 Å². The molecular formula is C8H10N2O3. The van der Waals surface area contributed by atoms with Crippen molar-refractivity contribution in [2.75, 3.05) is 0 Å². The Balaban J connectivity index is 2.75. The zero-order valence-electron chi connectivity index (χ0n) is 6.86. The molecule has 0 radical (unpaired) electrons. The second kappa shape index (κ2) is 3.86. The molecule has 13 heavy (non-hydrogen) atoms. The highest BCUT2D eigenvalue weighted by atomic mass is 16.4. The Bertz CT molecular complexity index is 358. The molecule has 70 valence electrons. The number of aromatic nitrogens is 1. The lowest BCUT2D eigenvalue weighted by atomic mass is 10.1. The summed E-state index contributed by atoms with van der Waals surface area (Å²) in [7, 11) is 0. The molecule has 0 fully saturated rings. The number of H-pyrrole nitrogens is 1. The highest BCUT2D eigenvalue weighted by Gasteiger charge is 2.11. The molecule has 1 aromatic heterocycles. The number of hydrogen-bond acceptors (Lipinski definition) is 3. The van der Waals surface area contributed by atoms with Gasteiger partial charge >= 0.3 is 5.97 Å². The maximum Gasteiger partial charge on any atom is 0.320 e. The second-order valence-electron chi connectivity index (χ2n) is 2.71. The van der Waals surface area contributed by atoms with E-state index in [1.54, 1.807) is 6.07 Å². The molecule has 1 aromatic rings. The lowest BCUT2D eigenvalue weighted by Gasteiger charge is -2.04. The molecule has 0 aliphatic carbocycles. The number of rotatable bonds is 3. The first kappa shape index (κ1) is 9.47. The highest BCUT2D eigenvalue weighted by molar-refractivity contribution is 5.73. The van der Waals surface area contributed by atoms with Crippen LogP contribution in [0.2, 0.25) is 0 Å². The van der Waals surface area contributed by atoms with Gasteiger partial charge in [-0.25, -0.2) is 0 Å². The van der Waals surface area contributed by atoms with Gasteiger partial charge in [0.2, 0.25) is 5.56 Å². The molecular weight excluding hydrogens is 172 g/mol. The van der Waals surface area contributed by atoms with E-state index in [9.17, 15) is 9.59 Å². The number of pyridine rings is 1. The Hall–Kier alpha value is -1.62. The van der Waals surface area contributed by atoms with E-state index in [1.807, 2.05) is 0 Å². The minimum absolute atomic E-state index is 0.166. The largest absolute Gasteiger partial charge is 0.480 e. The zero-order valence-corrected chi connectivity index (χ0v) is 6.86. The summed E-state index contributed by atoms with van der Waals surface area (Å²) >= 11 is 0. The molecule has 0 amide bonds. The van der Waals surface area contributed by atoms with Crippen molar-refractivity contribution in [2.24, 2.45) is 5.73 Å². The lowest BCUT2D eigenvalue weighted by Crippen LogP contribution is -2.32. The van der Waals surface area contributed by atoms with E-state index >= 15 is 0 Å². The van der Waals surface area contributed by atoms with E-state index in [0.29, 0.717) is 5.56 Å². The summed E-state index contributed by atoms with van der Waals surface area (Å²) in [6.07, 6.45) is 1.63. The van der Waals surface area contributed by atoms with Gasteiger partial charge in [0.15, 0.2) is 0 Å². The maximum atomic E-state index is 10.8. The van der Waals surface area contributed by atoms with Crippen molar-refractivity contribution in [1.82, 2.24) is 4.98 Å². The molecule has 0 aliphatic rings. The van der Waals surface area contributed by atoms with Gasteiger partial charge < -0.3 is 15.8 Å². The zero-order chi connectivity index (χ0) is 9.84. The van der Waals surface area contributed by atoms with E-state index in [-0.39, 0.29) is 12.0 Å². The smallest absolute Gasteiger partial charge is 0.320 e. The highest BCUT2D eigenvalue weighted by Crippen LogP contribution is 1.97. The molecule has 0 spiro atoms. The Labute approximate surface area is 74.2 Å². The minimum atomic E-state index is -1.07. The van der Waals surface area contributed by atoms with Crippen molar-refractivity contribution < 1.29 is 9.90 Å². The molecule has 1 atom stereocenters. The van der Waals surface area contributed by atoms with Gasteiger partial charge in [-0.15, -0.1) is 0 Å². The van der Waals surface area contributed by atoms with Crippen molar-refractivity contribution in [1.29, 1.82) is 0 Å². The predicted molar refractivity (Wildman–Crippen MR) is 46.4 cm³/mol. The summed E-state index contributed by atoms with van der Waals surface area (Å²) in [5, 5.41) is 8.50. The second-order valence-corrected chi connectivity index (χ2v) is 2.71. The molecule has 0 saturated heterocycles. The third-order valence-corrected chi connectivity index (χ3v) is 1.61. The molecule has 1 unspecified atom stereocenters. The lowest BCUT2D eigenvalue weighted by molar-refractivity contribution is -0.138. The third-order valence-electron chi connectivity index (χ3n) is 1.61. The average Bonchev–Trinajstić information content (AvgIpc) is 2.04.